The maximum Gasteiger partial charge on any atom is 0.258 e. The third-order valence-electron chi connectivity index (χ3n) is 8.30. The van der Waals surface area contributed by atoms with E-state index in [1.165, 1.54) is 12.1 Å². The number of nitrogens with zero attached hydrogens (tertiary/aromatic N) is 3. The molecular formula is C36H42N4O2. The first kappa shape index (κ1) is 29.3. The second kappa shape index (κ2) is 14.1. The Morgan fingerprint density at radius 2 is 1.57 bits per heavy atom. The summed E-state index contributed by atoms with van der Waals surface area (Å²) in [7, 11) is 0. The van der Waals surface area contributed by atoms with E-state index in [1.807, 2.05) is 83.8 Å². The van der Waals surface area contributed by atoms with Crippen molar-refractivity contribution in [3.63, 3.8) is 0 Å². The Bertz CT molecular complexity index is 1470. The highest BCUT2D eigenvalue weighted by molar-refractivity contribution is 6.09. The van der Waals surface area contributed by atoms with Gasteiger partial charge in [-0.3, -0.25) is 9.59 Å². The molecule has 4 aromatic rings. The number of benzene rings is 3. The summed E-state index contributed by atoms with van der Waals surface area (Å²) in [6.45, 7) is 9.47. The van der Waals surface area contributed by atoms with Gasteiger partial charge in [0.15, 0.2) is 0 Å². The van der Waals surface area contributed by atoms with Crippen LogP contribution >= 0.6 is 0 Å². The zero-order valence-corrected chi connectivity index (χ0v) is 24.9. The molecule has 1 aromatic heterocycles. The van der Waals surface area contributed by atoms with E-state index < -0.39 is 0 Å². The van der Waals surface area contributed by atoms with E-state index in [-0.39, 0.29) is 11.8 Å². The minimum Gasteiger partial charge on any atom is -0.350 e. The lowest BCUT2D eigenvalue weighted by Crippen LogP contribution is -2.31. The topological polar surface area (TPSA) is 57.6 Å². The maximum absolute atomic E-state index is 13.7. The zero-order chi connectivity index (χ0) is 29.3. The van der Waals surface area contributed by atoms with Gasteiger partial charge in [-0.15, -0.1) is 0 Å². The molecule has 0 saturated heterocycles. The van der Waals surface area contributed by atoms with E-state index in [0.717, 1.165) is 68.7 Å². The van der Waals surface area contributed by atoms with Gasteiger partial charge in [0.2, 0.25) is 0 Å². The quantitative estimate of drug-likeness (QED) is 0.193. The third-order valence-corrected chi connectivity index (χ3v) is 8.30. The van der Waals surface area contributed by atoms with Crippen molar-refractivity contribution in [1.29, 1.82) is 0 Å². The Morgan fingerprint density at radius 3 is 2.33 bits per heavy atom. The first-order chi connectivity index (χ1) is 20.6. The minimum absolute atomic E-state index is 0.00438. The van der Waals surface area contributed by atoms with Gasteiger partial charge in [-0.1, -0.05) is 62.4 Å². The molecule has 2 amide bonds. The molecule has 0 aliphatic carbocycles. The standard InChI is InChI=1S/C36H42N4O2/c1-3-38(4-2)24-12-13-25-39-27-23-34-33(39)18-10-11-26-40(34)36(42)29-19-21-30(22-20-29)37-35(41)32-17-9-8-16-31(32)28-14-6-5-7-15-28/h5-9,14-17,19-23,27H,3-4,10-13,18,24-26H2,1-2H3,(H,37,41). The van der Waals surface area contributed by atoms with Gasteiger partial charge in [0, 0.05) is 41.8 Å². The second-order valence-electron chi connectivity index (χ2n) is 10.9. The van der Waals surface area contributed by atoms with Crippen LogP contribution in [-0.4, -0.2) is 47.5 Å². The predicted molar refractivity (Wildman–Crippen MR) is 172 cm³/mol. The smallest absolute Gasteiger partial charge is 0.258 e. The van der Waals surface area contributed by atoms with Crippen LogP contribution in [0.5, 0.6) is 0 Å². The molecule has 0 unspecified atom stereocenters. The number of fused-ring (bicyclic) bond motifs is 1. The van der Waals surface area contributed by atoms with Crippen molar-refractivity contribution in [2.45, 2.75) is 52.5 Å². The fraction of sp³-hybridized carbons (Fsp3) is 0.333. The first-order valence-electron chi connectivity index (χ1n) is 15.4. The summed E-state index contributed by atoms with van der Waals surface area (Å²) in [5.74, 6) is -0.172. The monoisotopic (exact) mass is 562 g/mol. The summed E-state index contributed by atoms with van der Waals surface area (Å²) >= 11 is 0. The van der Waals surface area contributed by atoms with Crippen LogP contribution in [0.15, 0.2) is 91.1 Å². The third kappa shape index (κ3) is 6.82. The van der Waals surface area contributed by atoms with Crippen LogP contribution in [0.25, 0.3) is 11.1 Å². The number of aryl methyl sites for hydroxylation is 1. The lowest BCUT2D eigenvalue weighted by atomic mass is 9.99. The highest BCUT2D eigenvalue weighted by atomic mass is 16.2. The normalized spacial score (nSPS) is 13.1. The number of unbranched alkanes of at least 4 members (excludes halogenated alkanes) is 1. The SMILES string of the molecule is CCN(CC)CCCCn1ccc2c1CCCCN2C(=O)c1ccc(NC(=O)c2ccccc2-c2ccccc2)cc1. The molecule has 3 aromatic carbocycles. The van der Waals surface area contributed by atoms with Crippen molar-refractivity contribution < 1.29 is 9.59 Å². The van der Waals surface area contributed by atoms with Gasteiger partial charge in [0.25, 0.3) is 11.8 Å². The fourth-order valence-electron chi connectivity index (χ4n) is 5.87. The molecule has 218 valence electrons. The molecule has 42 heavy (non-hydrogen) atoms. The molecular weight excluding hydrogens is 520 g/mol. The summed E-state index contributed by atoms with van der Waals surface area (Å²) in [5.41, 5.74) is 6.08. The average molecular weight is 563 g/mol. The number of aromatic nitrogens is 1. The van der Waals surface area contributed by atoms with Crippen LogP contribution in [0.2, 0.25) is 0 Å². The number of amides is 2. The Kier molecular flexibility index (Phi) is 9.88. The number of anilines is 2. The van der Waals surface area contributed by atoms with E-state index in [4.69, 9.17) is 0 Å². The van der Waals surface area contributed by atoms with Crippen LogP contribution in [0, 0.1) is 0 Å². The molecule has 2 heterocycles. The molecule has 6 heteroatoms. The summed E-state index contributed by atoms with van der Waals surface area (Å²) < 4.78 is 2.36. The van der Waals surface area contributed by atoms with Gasteiger partial charge >= 0.3 is 0 Å². The van der Waals surface area contributed by atoms with Crippen LogP contribution in [0.1, 0.15) is 65.9 Å². The van der Waals surface area contributed by atoms with Gasteiger partial charge in [-0.25, -0.2) is 0 Å². The van der Waals surface area contributed by atoms with Crippen molar-refractivity contribution >= 4 is 23.2 Å². The Labute approximate surface area is 250 Å². The largest absolute Gasteiger partial charge is 0.350 e. The van der Waals surface area contributed by atoms with E-state index >= 15 is 0 Å². The highest BCUT2D eigenvalue weighted by Crippen LogP contribution is 2.30. The van der Waals surface area contributed by atoms with Gasteiger partial charge in [0.1, 0.15) is 0 Å². The highest BCUT2D eigenvalue weighted by Gasteiger charge is 2.25. The number of rotatable bonds is 11. The van der Waals surface area contributed by atoms with Crippen LogP contribution in [0.3, 0.4) is 0 Å². The van der Waals surface area contributed by atoms with Crippen LogP contribution in [-0.2, 0) is 13.0 Å². The summed E-state index contributed by atoms with van der Waals surface area (Å²) in [5, 5.41) is 3.01. The van der Waals surface area contributed by atoms with E-state index in [1.54, 1.807) is 0 Å². The van der Waals surface area contributed by atoms with E-state index in [2.05, 4.69) is 40.9 Å². The Morgan fingerprint density at radius 1 is 0.833 bits per heavy atom. The molecule has 1 N–H and O–H groups in total. The van der Waals surface area contributed by atoms with Gasteiger partial charge in [-0.2, -0.15) is 0 Å². The van der Waals surface area contributed by atoms with Crippen molar-refractivity contribution in [2.24, 2.45) is 0 Å². The number of nitrogens with one attached hydrogen (secondary N) is 1. The van der Waals surface area contributed by atoms with Gasteiger partial charge in [-0.05, 0) is 99.3 Å². The van der Waals surface area contributed by atoms with E-state index in [0.29, 0.717) is 23.4 Å². The first-order valence-corrected chi connectivity index (χ1v) is 15.4. The summed E-state index contributed by atoms with van der Waals surface area (Å²) in [6.07, 6.45) is 7.52. The Hall–Kier alpha value is -4.16. The van der Waals surface area contributed by atoms with Crippen LogP contribution < -0.4 is 10.2 Å². The number of carbonyl (C=O) groups is 2. The fourth-order valence-corrected chi connectivity index (χ4v) is 5.87. The van der Waals surface area contributed by atoms with Gasteiger partial charge < -0.3 is 19.7 Å². The molecule has 0 bridgehead atoms. The van der Waals surface area contributed by atoms with Crippen molar-refractivity contribution in [1.82, 2.24) is 9.47 Å². The number of carbonyl (C=O) groups excluding carboxylic acids is 2. The molecule has 1 aliphatic rings. The Balaban J connectivity index is 1.25. The lowest BCUT2D eigenvalue weighted by Gasteiger charge is -2.22. The molecule has 0 saturated carbocycles. The van der Waals surface area contributed by atoms with Crippen molar-refractivity contribution in [2.75, 3.05) is 36.4 Å². The molecule has 5 rings (SSSR count). The molecule has 0 fully saturated rings. The molecule has 0 atom stereocenters. The maximum atomic E-state index is 13.7. The van der Waals surface area contributed by atoms with Crippen molar-refractivity contribution in [3.8, 4) is 11.1 Å². The zero-order valence-electron chi connectivity index (χ0n) is 24.9. The summed E-state index contributed by atoms with van der Waals surface area (Å²) in [6, 6.07) is 26.9. The minimum atomic E-state index is -0.177. The number of hydrogen-bond acceptors (Lipinski definition) is 3. The van der Waals surface area contributed by atoms with Crippen molar-refractivity contribution in [3.05, 3.63) is 108 Å². The predicted octanol–water partition coefficient (Wildman–Crippen LogP) is 7.51. The lowest BCUT2D eigenvalue weighted by molar-refractivity contribution is 0.0985. The average Bonchev–Trinajstić information content (AvgIpc) is 3.31. The molecule has 0 spiro atoms. The molecule has 0 radical (unpaired) electrons. The molecule has 6 nitrogen and oxygen atoms in total. The van der Waals surface area contributed by atoms with E-state index in [9.17, 15) is 9.59 Å². The summed E-state index contributed by atoms with van der Waals surface area (Å²) in [4.78, 5) is 31.3. The number of hydrogen-bond donors (Lipinski definition) is 1. The molecule has 1 aliphatic heterocycles. The van der Waals surface area contributed by atoms with Crippen LogP contribution in [0.4, 0.5) is 11.4 Å². The van der Waals surface area contributed by atoms with Gasteiger partial charge in [0.05, 0.1) is 5.69 Å². The second-order valence-corrected chi connectivity index (χ2v) is 10.9.